The third-order valence-electron chi connectivity index (χ3n) is 3.25. The van der Waals surface area contributed by atoms with Crippen molar-refractivity contribution < 1.29 is 14.5 Å². The monoisotopic (exact) mass is 314 g/mol. The highest BCUT2D eigenvalue weighted by Crippen LogP contribution is 2.21. The minimum absolute atomic E-state index is 0.0730. The molecule has 0 spiro atoms. The predicted molar refractivity (Wildman–Crippen MR) is 79.5 cm³/mol. The average molecular weight is 315 g/mol. The highest BCUT2D eigenvalue weighted by Gasteiger charge is 2.19. The van der Waals surface area contributed by atoms with Gasteiger partial charge in [-0.25, -0.2) is 9.78 Å². The van der Waals surface area contributed by atoms with Crippen molar-refractivity contribution in [2.75, 3.05) is 6.61 Å². The summed E-state index contributed by atoms with van der Waals surface area (Å²) in [6.07, 6.45) is 5.07. The zero-order valence-electron chi connectivity index (χ0n) is 12.2. The Morgan fingerprint density at radius 3 is 2.81 bits per heavy atom. The van der Waals surface area contributed by atoms with Gasteiger partial charge in [0.2, 0.25) is 0 Å². The molecule has 0 fully saturated rings. The van der Waals surface area contributed by atoms with Gasteiger partial charge in [-0.3, -0.25) is 10.1 Å². The molecule has 21 heavy (non-hydrogen) atoms. The minimum atomic E-state index is -0.675. The summed E-state index contributed by atoms with van der Waals surface area (Å²) >= 11 is 5.79. The van der Waals surface area contributed by atoms with Gasteiger partial charge in [0, 0.05) is 6.07 Å². The van der Waals surface area contributed by atoms with Crippen molar-refractivity contribution in [1.29, 1.82) is 0 Å². The maximum absolute atomic E-state index is 12.0. The van der Waals surface area contributed by atoms with Crippen LogP contribution in [0, 0.1) is 16.0 Å². The first-order valence-electron chi connectivity index (χ1n) is 6.96. The second-order valence-corrected chi connectivity index (χ2v) is 5.16. The topological polar surface area (TPSA) is 82.3 Å². The second kappa shape index (κ2) is 8.56. The van der Waals surface area contributed by atoms with Gasteiger partial charge in [-0.1, -0.05) is 44.7 Å². The first-order valence-corrected chi connectivity index (χ1v) is 7.34. The summed E-state index contributed by atoms with van der Waals surface area (Å²) in [5.74, 6) is -0.384. The van der Waals surface area contributed by atoms with Crippen LogP contribution in [0.15, 0.2) is 12.3 Å². The lowest BCUT2D eigenvalue weighted by molar-refractivity contribution is -0.385. The fraction of sp³-hybridized carbons (Fsp3) is 0.571. The average Bonchev–Trinajstić information content (AvgIpc) is 2.47. The number of nitrogens with zero attached hydrogens (tertiary/aromatic N) is 2. The number of nitro groups is 1. The summed E-state index contributed by atoms with van der Waals surface area (Å²) in [7, 11) is 0. The number of hydrogen-bond donors (Lipinski definition) is 0. The fourth-order valence-electron chi connectivity index (χ4n) is 1.85. The van der Waals surface area contributed by atoms with E-state index in [2.05, 4.69) is 11.9 Å². The summed E-state index contributed by atoms with van der Waals surface area (Å²) in [5.41, 5.74) is -0.361. The molecule has 1 heterocycles. The molecule has 6 nitrogen and oxygen atoms in total. The number of ether oxygens (including phenoxy) is 1. The summed E-state index contributed by atoms with van der Waals surface area (Å²) < 4.78 is 5.21. The van der Waals surface area contributed by atoms with E-state index in [4.69, 9.17) is 16.3 Å². The third kappa shape index (κ3) is 5.30. The van der Waals surface area contributed by atoms with Crippen molar-refractivity contribution in [3.8, 4) is 0 Å². The molecule has 1 unspecified atom stereocenters. The van der Waals surface area contributed by atoms with Gasteiger partial charge in [-0.15, -0.1) is 0 Å². The van der Waals surface area contributed by atoms with Crippen LogP contribution >= 0.6 is 11.6 Å². The van der Waals surface area contributed by atoms with E-state index in [0.29, 0.717) is 5.92 Å². The zero-order chi connectivity index (χ0) is 15.8. The summed E-state index contributed by atoms with van der Waals surface area (Å²) in [5, 5.41) is 10.6. The molecule has 1 atom stereocenters. The van der Waals surface area contributed by atoms with E-state index >= 15 is 0 Å². The van der Waals surface area contributed by atoms with Crippen LogP contribution in [-0.2, 0) is 4.74 Å². The van der Waals surface area contributed by atoms with E-state index in [1.165, 1.54) is 0 Å². The molecule has 116 valence electrons. The van der Waals surface area contributed by atoms with Crippen LogP contribution in [0.1, 0.15) is 49.9 Å². The Morgan fingerprint density at radius 2 is 2.24 bits per heavy atom. The lowest BCUT2D eigenvalue weighted by Gasteiger charge is -2.14. The van der Waals surface area contributed by atoms with Crippen LogP contribution in [0.2, 0.25) is 5.15 Å². The van der Waals surface area contributed by atoms with E-state index in [-0.39, 0.29) is 23.0 Å². The second-order valence-electron chi connectivity index (χ2n) is 4.80. The summed E-state index contributed by atoms with van der Waals surface area (Å²) in [6, 6.07) is 1.09. The van der Waals surface area contributed by atoms with Crippen LogP contribution < -0.4 is 0 Å². The lowest BCUT2D eigenvalue weighted by atomic mass is 10.0. The largest absolute Gasteiger partial charge is 0.462 e. The van der Waals surface area contributed by atoms with E-state index in [9.17, 15) is 14.9 Å². The SMILES string of the molecule is CCCCC(CC)COC(=O)c1cc([N+](=O)[O-])cnc1Cl. The number of hydrogen-bond acceptors (Lipinski definition) is 5. The van der Waals surface area contributed by atoms with Crippen LogP contribution in [0.4, 0.5) is 5.69 Å². The highest BCUT2D eigenvalue weighted by molar-refractivity contribution is 6.32. The molecule has 0 aliphatic carbocycles. The predicted octanol–water partition coefficient (Wildman–Crippen LogP) is 4.02. The lowest BCUT2D eigenvalue weighted by Crippen LogP contribution is -2.15. The van der Waals surface area contributed by atoms with Crippen LogP contribution in [0.5, 0.6) is 0 Å². The maximum atomic E-state index is 12.0. The molecule has 0 aromatic carbocycles. The molecule has 0 saturated carbocycles. The number of carbonyl (C=O) groups is 1. The third-order valence-corrected chi connectivity index (χ3v) is 3.55. The van der Waals surface area contributed by atoms with E-state index in [0.717, 1.165) is 37.9 Å². The van der Waals surface area contributed by atoms with Gasteiger partial charge in [-0.05, 0) is 12.3 Å². The van der Waals surface area contributed by atoms with Crippen LogP contribution in [0.3, 0.4) is 0 Å². The first kappa shape index (κ1) is 17.4. The molecule has 0 aliphatic heterocycles. The molecule has 1 rings (SSSR count). The van der Waals surface area contributed by atoms with Gasteiger partial charge in [-0.2, -0.15) is 0 Å². The molecule has 0 radical (unpaired) electrons. The van der Waals surface area contributed by atoms with Crippen LogP contribution in [-0.4, -0.2) is 22.5 Å². The Balaban J connectivity index is 2.70. The molecule has 0 saturated heterocycles. The Morgan fingerprint density at radius 1 is 1.52 bits per heavy atom. The molecule has 7 heteroatoms. The number of carbonyl (C=O) groups excluding carboxylic acids is 1. The Hall–Kier alpha value is -1.69. The molecule has 0 N–H and O–H groups in total. The van der Waals surface area contributed by atoms with E-state index in [1.54, 1.807) is 0 Å². The molecular weight excluding hydrogens is 296 g/mol. The number of pyridine rings is 1. The number of halogens is 1. The molecular formula is C14H19ClN2O4. The quantitative estimate of drug-likeness (QED) is 0.313. The van der Waals surface area contributed by atoms with E-state index in [1.807, 2.05) is 6.92 Å². The maximum Gasteiger partial charge on any atom is 0.341 e. The van der Waals surface area contributed by atoms with Gasteiger partial charge in [0.25, 0.3) is 5.69 Å². The fourth-order valence-corrected chi connectivity index (χ4v) is 2.03. The molecule has 0 aliphatic rings. The summed E-state index contributed by atoms with van der Waals surface area (Å²) in [4.78, 5) is 25.7. The van der Waals surface area contributed by atoms with Gasteiger partial charge >= 0.3 is 5.97 Å². The number of aromatic nitrogens is 1. The first-order chi connectivity index (χ1) is 9.99. The molecule has 0 bridgehead atoms. The standard InChI is InChI=1S/C14H19ClN2O4/c1-3-5-6-10(4-2)9-21-14(18)12-7-11(17(19)20)8-16-13(12)15/h7-8,10H,3-6,9H2,1-2H3. The van der Waals surface area contributed by atoms with E-state index < -0.39 is 10.9 Å². The number of esters is 1. The van der Waals surface area contributed by atoms with Crippen molar-refractivity contribution in [3.05, 3.63) is 33.1 Å². The minimum Gasteiger partial charge on any atom is -0.462 e. The van der Waals surface area contributed by atoms with Crippen molar-refractivity contribution in [2.24, 2.45) is 5.92 Å². The Labute approximate surface area is 128 Å². The van der Waals surface area contributed by atoms with Gasteiger partial charge in [0.15, 0.2) is 0 Å². The Bertz CT molecular complexity index is 508. The van der Waals surface area contributed by atoms with Crippen molar-refractivity contribution in [1.82, 2.24) is 4.98 Å². The van der Waals surface area contributed by atoms with Gasteiger partial charge in [0.05, 0.1) is 11.5 Å². The number of rotatable bonds is 8. The van der Waals surface area contributed by atoms with Crippen LogP contribution in [0.25, 0.3) is 0 Å². The van der Waals surface area contributed by atoms with Crippen molar-refractivity contribution >= 4 is 23.3 Å². The van der Waals surface area contributed by atoms with Crippen molar-refractivity contribution in [3.63, 3.8) is 0 Å². The normalized spacial score (nSPS) is 12.0. The summed E-state index contributed by atoms with van der Waals surface area (Å²) in [6.45, 7) is 4.43. The smallest absolute Gasteiger partial charge is 0.341 e. The van der Waals surface area contributed by atoms with Crippen molar-refractivity contribution in [2.45, 2.75) is 39.5 Å². The van der Waals surface area contributed by atoms with Gasteiger partial charge < -0.3 is 4.74 Å². The Kier molecular flexibility index (Phi) is 7.08. The molecule has 0 amide bonds. The molecule has 1 aromatic rings. The van der Waals surface area contributed by atoms with Gasteiger partial charge in [0.1, 0.15) is 16.9 Å². The zero-order valence-corrected chi connectivity index (χ0v) is 12.9. The number of unbranched alkanes of at least 4 members (excludes halogenated alkanes) is 1. The molecule has 1 aromatic heterocycles. The highest BCUT2D eigenvalue weighted by atomic mass is 35.5.